The number of anilines is 2. The summed E-state index contributed by atoms with van der Waals surface area (Å²) in [6.07, 6.45) is 1.45. The smallest absolute Gasteiger partial charge is 0.299 e. The molecule has 8 heteroatoms. The number of fused-ring (bicyclic) bond motifs is 1. The zero-order valence-electron chi connectivity index (χ0n) is 13.0. The van der Waals surface area contributed by atoms with Crippen LogP contribution in [0.1, 0.15) is 0 Å². The van der Waals surface area contributed by atoms with E-state index in [1.807, 2.05) is 6.07 Å². The number of benzene rings is 2. The first-order valence-electron chi connectivity index (χ1n) is 7.57. The van der Waals surface area contributed by atoms with Crippen LogP contribution in [0.25, 0.3) is 11.3 Å². The summed E-state index contributed by atoms with van der Waals surface area (Å²) in [5.41, 5.74) is 1.04. The molecule has 0 aliphatic carbocycles. The summed E-state index contributed by atoms with van der Waals surface area (Å²) in [7, 11) is 0. The highest BCUT2D eigenvalue weighted by atomic mass is 16.6. The molecule has 0 radical (unpaired) electrons. The number of nitro benzene ring substituents is 1. The highest BCUT2D eigenvalue weighted by Crippen LogP contribution is 2.35. The Labute approximate surface area is 142 Å². The van der Waals surface area contributed by atoms with Crippen molar-refractivity contribution in [2.45, 2.75) is 0 Å². The van der Waals surface area contributed by atoms with Crippen LogP contribution in [0.4, 0.5) is 17.4 Å². The Kier molecular flexibility index (Phi) is 3.70. The summed E-state index contributed by atoms with van der Waals surface area (Å²) in [5, 5.41) is 14.1. The fraction of sp³-hybridized carbons (Fsp3) is 0.118. The number of para-hydroxylation sites is 1. The minimum Gasteiger partial charge on any atom is -0.486 e. The van der Waals surface area contributed by atoms with E-state index in [2.05, 4.69) is 10.3 Å². The Morgan fingerprint density at radius 2 is 1.88 bits per heavy atom. The standard InChI is InChI=1S/C17H13N3O5/c21-20(22)13-4-2-1-3-12(13)16-10-18-17(25-16)19-11-5-6-14-15(9-11)24-8-7-23-14/h1-6,9-10H,7-8H2,(H,18,19). The Morgan fingerprint density at radius 3 is 2.72 bits per heavy atom. The van der Waals surface area contributed by atoms with Crippen molar-refractivity contribution >= 4 is 17.4 Å². The fourth-order valence-corrected chi connectivity index (χ4v) is 2.54. The maximum atomic E-state index is 11.1. The van der Waals surface area contributed by atoms with E-state index >= 15 is 0 Å². The van der Waals surface area contributed by atoms with E-state index in [9.17, 15) is 10.1 Å². The lowest BCUT2D eigenvalue weighted by molar-refractivity contribution is -0.384. The molecule has 0 saturated carbocycles. The Balaban J connectivity index is 1.59. The summed E-state index contributed by atoms with van der Waals surface area (Å²) < 4.78 is 16.6. The minimum atomic E-state index is -0.453. The second-order valence-electron chi connectivity index (χ2n) is 5.29. The zero-order valence-corrected chi connectivity index (χ0v) is 13.0. The van der Waals surface area contributed by atoms with Gasteiger partial charge in [-0.25, -0.2) is 4.98 Å². The van der Waals surface area contributed by atoms with Crippen LogP contribution in [0.3, 0.4) is 0 Å². The SMILES string of the molecule is O=[N+]([O-])c1ccccc1-c1cnc(Nc2ccc3c(c2)OCCO3)o1. The molecule has 25 heavy (non-hydrogen) atoms. The van der Waals surface area contributed by atoms with Crippen LogP contribution in [0.5, 0.6) is 11.5 Å². The van der Waals surface area contributed by atoms with Gasteiger partial charge in [-0.05, 0) is 18.2 Å². The topological polar surface area (TPSA) is 99.7 Å². The number of aromatic nitrogens is 1. The average Bonchev–Trinajstić information content (AvgIpc) is 3.10. The first-order chi connectivity index (χ1) is 12.2. The summed E-state index contributed by atoms with van der Waals surface area (Å²) in [6.45, 7) is 1.02. The second-order valence-corrected chi connectivity index (χ2v) is 5.29. The van der Waals surface area contributed by atoms with E-state index in [4.69, 9.17) is 13.9 Å². The van der Waals surface area contributed by atoms with Gasteiger partial charge in [0.2, 0.25) is 0 Å². The molecule has 8 nitrogen and oxygen atoms in total. The van der Waals surface area contributed by atoms with Crippen molar-refractivity contribution < 1.29 is 18.8 Å². The van der Waals surface area contributed by atoms with Gasteiger partial charge in [0.25, 0.3) is 11.7 Å². The van der Waals surface area contributed by atoms with Crippen molar-refractivity contribution in [2.24, 2.45) is 0 Å². The lowest BCUT2D eigenvalue weighted by Crippen LogP contribution is -2.15. The van der Waals surface area contributed by atoms with Crippen molar-refractivity contribution in [3.05, 3.63) is 58.8 Å². The highest BCUT2D eigenvalue weighted by Gasteiger charge is 2.18. The molecule has 2 aromatic carbocycles. The van der Waals surface area contributed by atoms with Crippen LogP contribution < -0.4 is 14.8 Å². The van der Waals surface area contributed by atoms with Crippen molar-refractivity contribution in [2.75, 3.05) is 18.5 Å². The molecule has 126 valence electrons. The van der Waals surface area contributed by atoms with Gasteiger partial charge in [-0.1, -0.05) is 12.1 Å². The molecule has 0 saturated heterocycles. The van der Waals surface area contributed by atoms with Crippen molar-refractivity contribution in [3.8, 4) is 22.8 Å². The largest absolute Gasteiger partial charge is 0.486 e. The third-order valence-electron chi connectivity index (χ3n) is 3.67. The summed E-state index contributed by atoms with van der Waals surface area (Å²) in [6, 6.07) is 12.0. The number of oxazole rings is 1. The van der Waals surface area contributed by atoms with Crippen LogP contribution in [0.2, 0.25) is 0 Å². The van der Waals surface area contributed by atoms with Crippen LogP contribution in [-0.4, -0.2) is 23.1 Å². The van der Waals surface area contributed by atoms with Crippen LogP contribution in [0.15, 0.2) is 53.1 Å². The van der Waals surface area contributed by atoms with E-state index in [0.717, 1.165) is 0 Å². The monoisotopic (exact) mass is 339 g/mol. The average molecular weight is 339 g/mol. The number of rotatable bonds is 4. The molecule has 1 aliphatic rings. The van der Waals surface area contributed by atoms with Crippen molar-refractivity contribution in [1.82, 2.24) is 4.98 Å². The summed E-state index contributed by atoms with van der Waals surface area (Å²) in [5.74, 6) is 1.64. The fourth-order valence-electron chi connectivity index (χ4n) is 2.54. The number of ether oxygens (including phenoxy) is 2. The second kappa shape index (κ2) is 6.16. The van der Waals surface area contributed by atoms with Crippen LogP contribution in [0, 0.1) is 10.1 Å². The van der Waals surface area contributed by atoms with Crippen LogP contribution >= 0.6 is 0 Å². The molecule has 0 unspecified atom stereocenters. The lowest BCUT2D eigenvalue weighted by atomic mass is 10.1. The Bertz CT molecular complexity index is 938. The molecule has 0 fully saturated rings. The predicted octanol–water partition coefficient (Wildman–Crippen LogP) is 3.76. The van der Waals surface area contributed by atoms with Gasteiger partial charge in [0.15, 0.2) is 17.3 Å². The maximum absolute atomic E-state index is 11.1. The molecule has 0 amide bonds. The molecular weight excluding hydrogens is 326 g/mol. The number of nitro groups is 1. The van der Waals surface area contributed by atoms with E-state index < -0.39 is 4.92 Å². The van der Waals surface area contributed by atoms with E-state index in [1.54, 1.807) is 30.3 Å². The first-order valence-corrected chi connectivity index (χ1v) is 7.57. The number of hydrogen-bond donors (Lipinski definition) is 1. The number of hydrogen-bond acceptors (Lipinski definition) is 7. The molecule has 0 spiro atoms. The molecule has 3 aromatic rings. The molecule has 1 aliphatic heterocycles. The minimum absolute atomic E-state index is 0.0375. The third kappa shape index (κ3) is 2.97. The van der Waals surface area contributed by atoms with E-state index in [0.29, 0.717) is 41.7 Å². The maximum Gasteiger partial charge on any atom is 0.299 e. The van der Waals surface area contributed by atoms with Gasteiger partial charge in [0.1, 0.15) is 13.2 Å². The molecule has 0 bridgehead atoms. The Hall–Kier alpha value is -3.55. The molecule has 4 rings (SSSR count). The molecule has 1 aromatic heterocycles. The van der Waals surface area contributed by atoms with E-state index in [-0.39, 0.29) is 11.7 Å². The number of nitrogens with zero attached hydrogens (tertiary/aromatic N) is 2. The Morgan fingerprint density at radius 1 is 1.08 bits per heavy atom. The summed E-state index contributed by atoms with van der Waals surface area (Å²) >= 11 is 0. The van der Waals surface area contributed by atoms with Gasteiger partial charge in [-0.3, -0.25) is 10.1 Å². The normalized spacial score (nSPS) is 12.6. The van der Waals surface area contributed by atoms with Gasteiger partial charge < -0.3 is 19.2 Å². The highest BCUT2D eigenvalue weighted by molar-refractivity contribution is 5.70. The van der Waals surface area contributed by atoms with Crippen molar-refractivity contribution in [3.63, 3.8) is 0 Å². The summed E-state index contributed by atoms with van der Waals surface area (Å²) in [4.78, 5) is 14.8. The third-order valence-corrected chi connectivity index (χ3v) is 3.67. The lowest BCUT2D eigenvalue weighted by Gasteiger charge is -2.18. The molecular formula is C17H13N3O5. The van der Waals surface area contributed by atoms with Gasteiger partial charge in [0.05, 0.1) is 16.7 Å². The van der Waals surface area contributed by atoms with Gasteiger partial charge >= 0.3 is 0 Å². The van der Waals surface area contributed by atoms with Crippen molar-refractivity contribution in [1.29, 1.82) is 0 Å². The van der Waals surface area contributed by atoms with Crippen LogP contribution in [-0.2, 0) is 0 Å². The zero-order chi connectivity index (χ0) is 17.2. The van der Waals surface area contributed by atoms with Gasteiger partial charge in [0, 0.05) is 17.8 Å². The first kappa shape index (κ1) is 15.0. The molecule has 2 heterocycles. The predicted molar refractivity (Wildman–Crippen MR) is 89.3 cm³/mol. The molecule has 0 atom stereocenters. The van der Waals surface area contributed by atoms with E-state index in [1.165, 1.54) is 12.3 Å². The number of nitrogens with one attached hydrogen (secondary N) is 1. The van der Waals surface area contributed by atoms with Gasteiger partial charge in [-0.15, -0.1) is 0 Å². The van der Waals surface area contributed by atoms with Gasteiger partial charge in [-0.2, -0.15) is 0 Å². The quantitative estimate of drug-likeness (QED) is 0.570. The molecule has 1 N–H and O–H groups in total.